The molecule has 1 aromatic rings. The highest BCUT2D eigenvalue weighted by atomic mass is 16.5. The molecule has 17 heavy (non-hydrogen) atoms. The van der Waals surface area contributed by atoms with Gasteiger partial charge < -0.3 is 15.0 Å². The van der Waals surface area contributed by atoms with Gasteiger partial charge in [-0.1, -0.05) is 0 Å². The molecule has 2 rings (SSSR count). The van der Waals surface area contributed by atoms with Crippen molar-refractivity contribution in [2.75, 3.05) is 5.73 Å². The van der Waals surface area contributed by atoms with Crippen LogP contribution in [0.2, 0.25) is 0 Å². The zero-order valence-corrected chi connectivity index (χ0v) is 10.0. The summed E-state index contributed by atoms with van der Waals surface area (Å²) in [7, 11) is 1.58. The SMILES string of the molecule is CC1CCC(Cn2c(=O)c(N)cn(C)c2=O)O1. The first-order valence-electron chi connectivity index (χ1n) is 5.70. The van der Waals surface area contributed by atoms with E-state index in [1.165, 1.54) is 10.8 Å². The summed E-state index contributed by atoms with van der Waals surface area (Å²) in [6, 6.07) is 0. The lowest BCUT2D eigenvalue weighted by Crippen LogP contribution is -2.42. The molecule has 0 radical (unpaired) electrons. The van der Waals surface area contributed by atoms with E-state index in [1.807, 2.05) is 6.92 Å². The first kappa shape index (κ1) is 11.9. The molecule has 0 aromatic carbocycles. The van der Waals surface area contributed by atoms with Gasteiger partial charge in [0.2, 0.25) is 0 Å². The van der Waals surface area contributed by atoms with Crippen LogP contribution in [0.15, 0.2) is 15.8 Å². The molecule has 2 heterocycles. The normalized spacial score (nSPS) is 24.1. The van der Waals surface area contributed by atoms with Crippen molar-refractivity contribution >= 4 is 5.69 Å². The lowest BCUT2D eigenvalue weighted by Gasteiger charge is -2.13. The fourth-order valence-corrected chi connectivity index (χ4v) is 2.14. The van der Waals surface area contributed by atoms with Crippen molar-refractivity contribution < 1.29 is 4.74 Å². The highest BCUT2D eigenvalue weighted by Crippen LogP contribution is 2.19. The lowest BCUT2D eigenvalue weighted by atomic mass is 10.2. The highest BCUT2D eigenvalue weighted by Gasteiger charge is 2.23. The molecule has 6 heteroatoms. The molecule has 1 fully saturated rings. The molecule has 94 valence electrons. The molecule has 2 N–H and O–H groups in total. The molecule has 0 spiro atoms. The Morgan fingerprint density at radius 2 is 2.18 bits per heavy atom. The minimum atomic E-state index is -0.434. The number of rotatable bonds is 2. The van der Waals surface area contributed by atoms with Gasteiger partial charge in [-0.25, -0.2) is 4.79 Å². The number of aryl methyl sites for hydroxylation is 1. The van der Waals surface area contributed by atoms with Crippen LogP contribution in [0.4, 0.5) is 5.69 Å². The van der Waals surface area contributed by atoms with Gasteiger partial charge in [0, 0.05) is 13.2 Å². The van der Waals surface area contributed by atoms with Gasteiger partial charge in [-0.2, -0.15) is 0 Å². The van der Waals surface area contributed by atoms with Crippen molar-refractivity contribution in [2.45, 2.75) is 38.5 Å². The maximum atomic E-state index is 11.8. The van der Waals surface area contributed by atoms with Crippen LogP contribution in [0, 0.1) is 0 Å². The third-order valence-electron chi connectivity index (χ3n) is 3.06. The van der Waals surface area contributed by atoms with E-state index in [0.29, 0.717) is 0 Å². The quantitative estimate of drug-likeness (QED) is 0.768. The number of anilines is 1. The molecule has 1 saturated heterocycles. The van der Waals surface area contributed by atoms with Gasteiger partial charge in [0.15, 0.2) is 0 Å². The predicted molar refractivity (Wildman–Crippen MR) is 63.9 cm³/mol. The third-order valence-corrected chi connectivity index (χ3v) is 3.06. The molecular formula is C11H17N3O3. The topological polar surface area (TPSA) is 79.2 Å². The van der Waals surface area contributed by atoms with Crippen molar-refractivity contribution in [1.29, 1.82) is 0 Å². The maximum Gasteiger partial charge on any atom is 0.330 e. The molecule has 2 atom stereocenters. The number of nitrogens with zero attached hydrogens (tertiary/aromatic N) is 2. The van der Waals surface area contributed by atoms with Crippen molar-refractivity contribution in [3.63, 3.8) is 0 Å². The zero-order valence-electron chi connectivity index (χ0n) is 10.0. The van der Waals surface area contributed by atoms with Gasteiger partial charge >= 0.3 is 5.69 Å². The number of aromatic nitrogens is 2. The molecule has 0 saturated carbocycles. The third kappa shape index (κ3) is 2.26. The minimum Gasteiger partial charge on any atom is -0.393 e. The van der Waals surface area contributed by atoms with E-state index < -0.39 is 5.56 Å². The second kappa shape index (κ2) is 4.37. The number of nitrogens with two attached hydrogens (primary N) is 1. The molecule has 0 bridgehead atoms. The summed E-state index contributed by atoms with van der Waals surface area (Å²) < 4.78 is 8.07. The molecule has 0 amide bonds. The highest BCUT2D eigenvalue weighted by molar-refractivity contribution is 5.30. The van der Waals surface area contributed by atoms with Gasteiger partial charge in [0.05, 0.1) is 18.8 Å². The first-order chi connectivity index (χ1) is 7.99. The summed E-state index contributed by atoms with van der Waals surface area (Å²) in [4.78, 5) is 23.6. The molecule has 6 nitrogen and oxygen atoms in total. The molecule has 1 aromatic heterocycles. The smallest absolute Gasteiger partial charge is 0.330 e. The second-order valence-electron chi connectivity index (χ2n) is 4.54. The van der Waals surface area contributed by atoms with Crippen LogP contribution in [0.5, 0.6) is 0 Å². The van der Waals surface area contributed by atoms with Gasteiger partial charge in [0.25, 0.3) is 5.56 Å². The summed E-state index contributed by atoms with van der Waals surface area (Å²) in [6.45, 7) is 2.27. The Kier molecular flexibility index (Phi) is 3.06. The van der Waals surface area contributed by atoms with Crippen molar-refractivity contribution in [2.24, 2.45) is 7.05 Å². The molecule has 0 aliphatic carbocycles. The Balaban J connectivity index is 2.33. The average Bonchev–Trinajstić information content (AvgIpc) is 2.68. The Bertz CT molecular complexity index is 497. The van der Waals surface area contributed by atoms with E-state index >= 15 is 0 Å². The summed E-state index contributed by atoms with van der Waals surface area (Å²) >= 11 is 0. The predicted octanol–water partition coefficient (Wildman–Crippen LogP) is -0.303. The number of nitrogen functional groups attached to an aromatic ring is 1. The minimum absolute atomic E-state index is 0.0720. The first-order valence-corrected chi connectivity index (χ1v) is 5.70. The van der Waals surface area contributed by atoms with Crippen LogP contribution in [0.1, 0.15) is 19.8 Å². The Morgan fingerprint density at radius 3 is 2.76 bits per heavy atom. The van der Waals surface area contributed by atoms with Gasteiger partial charge in [0.1, 0.15) is 5.69 Å². The van der Waals surface area contributed by atoms with Crippen LogP contribution in [-0.4, -0.2) is 21.3 Å². The number of hydrogen-bond acceptors (Lipinski definition) is 4. The van der Waals surface area contributed by atoms with Gasteiger partial charge in [-0.3, -0.25) is 9.36 Å². The van der Waals surface area contributed by atoms with E-state index in [-0.39, 0.29) is 30.1 Å². The summed E-state index contributed by atoms with van der Waals surface area (Å²) in [6.07, 6.45) is 3.30. The second-order valence-corrected chi connectivity index (χ2v) is 4.54. The Labute approximate surface area is 98.6 Å². The molecule has 1 aliphatic heterocycles. The summed E-state index contributed by atoms with van der Waals surface area (Å²) in [5.74, 6) is 0. The van der Waals surface area contributed by atoms with E-state index in [0.717, 1.165) is 17.4 Å². The van der Waals surface area contributed by atoms with E-state index in [9.17, 15) is 9.59 Å². The van der Waals surface area contributed by atoms with Gasteiger partial charge in [-0.05, 0) is 19.8 Å². The molecule has 1 aliphatic rings. The summed E-state index contributed by atoms with van der Waals surface area (Å²) in [5.41, 5.74) is 4.85. The number of ether oxygens (including phenoxy) is 1. The summed E-state index contributed by atoms with van der Waals surface area (Å²) in [5, 5.41) is 0. The largest absolute Gasteiger partial charge is 0.393 e. The van der Waals surface area contributed by atoms with Crippen LogP contribution in [0.3, 0.4) is 0 Å². The molecular weight excluding hydrogens is 222 g/mol. The maximum absolute atomic E-state index is 11.8. The van der Waals surface area contributed by atoms with Crippen LogP contribution in [0.25, 0.3) is 0 Å². The van der Waals surface area contributed by atoms with Crippen LogP contribution < -0.4 is 17.0 Å². The fraction of sp³-hybridized carbons (Fsp3) is 0.636. The Morgan fingerprint density at radius 1 is 1.47 bits per heavy atom. The van der Waals surface area contributed by atoms with Crippen molar-refractivity contribution in [3.05, 3.63) is 27.0 Å². The average molecular weight is 239 g/mol. The number of hydrogen-bond donors (Lipinski definition) is 1. The Hall–Kier alpha value is -1.56. The fourth-order valence-electron chi connectivity index (χ4n) is 2.14. The van der Waals surface area contributed by atoms with E-state index in [1.54, 1.807) is 7.05 Å². The van der Waals surface area contributed by atoms with E-state index in [2.05, 4.69) is 0 Å². The zero-order chi connectivity index (χ0) is 12.6. The van der Waals surface area contributed by atoms with Crippen molar-refractivity contribution in [1.82, 2.24) is 9.13 Å². The van der Waals surface area contributed by atoms with Gasteiger partial charge in [-0.15, -0.1) is 0 Å². The van der Waals surface area contributed by atoms with Crippen molar-refractivity contribution in [3.8, 4) is 0 Å². The lowest BCUT2D eigenvalue weighted by molar-refractivity contribution is 0.0443. The van der Waals surface area contributed by atoms with Crippen LogP contribution >= 0.6 is 0 Å². The monoisotopic (exact) mass is 239 g/mol. The molecule has 2 unspecified atom stereocenters. The van der Waals surface area contributed by atoms with E-state index in [4.69, 9.17) is 10.5 Å². The van der Waals surface area contributed by atoms with Crippen LogP contribution in [-0.2, 0) is 18.3 Å². The standard InChI is InChI=1S/C11H17N3O3/c1-7-3-4-8(17-7)5-14-10(15)9(12)6-13(2)11(14)16/h6-8H,3-5,12H2,1-2H3.